The first kappa shape index (κ1) is 23.5. The maximum Gasteiger partial charge on any atom is 0.251 e. The quantitative estimate of drug-likeness (QED) is 0.532. The minimum absolute atomic E-state index is 0.0152. The normalized spacial score (nSPS) is 11.6. The second-order valence-electron chi connectivity index (χ2n) is 7.24. The Hall–Kier alpha value is -3.17. The fourth-order valence-electron chi connectivity index (χ4n) is 3.42. The third kappa shape index (κ3) is 5.17. The topological polar surface area (TPSA) is 97.7 Å². The number of benzene rings is 2. The maximum atomic E-state index is 12.7. The number of hydrogen-bond acceptors (Lipinski definition) is 5. The minimum Gasteiger partial charge on any atom is -0.497 e. The smallest absolute Gasteiger partial charge is 0.251 e. The molecule has 0 saturated carbocycles. The van der Waals surface area contributed by atoms with E-state index in [0.717, 1.165) is 26.7 Å². The van der Waals surface area contributed by atoms with Gasteiger partial charge < -0.3 is 14.6 Å². The van der Waals surface area contributed by atoms with Gasteiger partial charge in [0.15, 0.2) is 0 Å². The van der Waals surface area contributed by atoms with Gasteiger partial charge in [0.2, 0.25) is 15.9 Å². The van der Waals surface area contributed by atoms with Crippen molar-refractivity contribution in [2.24, 2.45) is 0 Å². The van der Waals surface area contributed by atoms with Gasteiger partial charge in [-0.05, 0) is 40.6 Å². The number of pyridine rings is 1. The van der Waals surface area contributed by atoms with Crippen molar-refractivity contribution in [3.05, 3.63) is 70.6 Å². The summed E-state index contributed by atoms with van der Waals surface area (Å²) in [6, 6.07) is 14.0. The van der Waals surface area contributed by atoms with Crippen molar-refractivity contribution in [3.63, 3.8) is 0 Å². The lowest BCUT2D eigenvalue weighted by Crippen LogP contribution is -2.34. The number of carbonyl (C=O) groups is 1. The third-order valence-electron chi connectivity index (χ3n) is 5.21. The predicted octanol–water partition coefficient (Wildman–Crippen LogP) is 2.36. The lowest BCUT2D eigenvalue weighted by Gasteiger charge is -2.19. The Kier molecular flexibility index (Phi) is 7.32. The molecule has 9 heteroatoms. The van der Waals surface area contributed by atoms with Crippen molar-refractivity contribution in [2.75, 3.05) is 20.2 Å². The molecule has 1 amide bonds. The zero-order valence-corrected chi connectivity index (χ0v) is 19.2. The standard InChI is InChI=1S/C23H27N3O5S/c1-4-26(5-2)32(29,30)21-10-11-23(28)25(15-21)16-22(27)24-14-17-6-7-19-13-20(31-3)9-8-18(19)12-17/h6-13,15H,4-5,14,16H2,1-3H3,(H,24,27). The van der Waals surface area contributed by atoms with Gasteiger partial charge in [0, 0.05) is 31.9 Å². The van der Waals surface area contributed by atoms with Crippen LogP contribution in [0.1, 0.15) is 19.4 Å². The highest BCUT2D eigenvalue weighted by Crippen LogP contribution is 2.21. The van der Waals surface area contributed by atoms with E-state index in [1.165, 1.54) is 22.6 Å². The van der Waals surface area contributed by atoms with Crippen LogP contribution in [0.2, 0.25) is 0 Å². The molecule has 0 bridgehead atoms. The number of rotatable bonds is 9. The van der Waals surface area contributed by atoms with Crippen LogP contribution in [0.4, 0.5) is 0 Å². The van der Waals surface area contributed by atoms with Crippen LogP contribution in [0.25, 0.3) is 10.8 Å². The molecule has 3 aromatic rings. The molecule has 0 unspecified atom stereocenters. The van der Waals surface area contributed by atoms with E-state index < -0.39 is 15.6 Å². The summed E-state index contributed by atoms with van der Waals surface area (Å²) >= 11 is 0. The molecule has 2 aromatic carbocycles. The molecular formula is C23H27N3O5S. The SMILES string of the molecule is CCN(CC)S(=O)(=O)c1ccc(=O)n(CC(=O)NCc2ccc3cc(OC)ccc3c2)c1. The second kappa shape index (κ2) is 9.97. The van der Waals surface area contributed by atoms with Crippen molar-refractivity contribution in [1.29, 1.82) is 0 Å². The Morgan fingerprint density at radius 2 is 1.72 bits per heavy atom. The highest BCUT2D eigenvalue weighted by atomic mass is 32.2. The highest BCUT2D eigenvalue weighted by molar-refractivity contribution is 7.89. The summed E-state index contributed by atoms with van der Waals surface area (Å²) in [6.45, 7) is 4.13. The van der Waals surface area contributed by atoms with Crippen molar-refractivity contribution in [2.45, 2.75) is 31.8 Å². The van der Waals surface area contributed by atoms with E-state index in [-0.39, 0.29) is 23.9 Å². The second-order valence-corrected chi connectivity index (χ2v) is 9.18. The highest BCUT2D eigenvalue weighted by Gasteiger charge is 2.22. The van der Waals surface area contributed by atoms with Gasteiger partial charge >= 0.3 is 0 Å². The van der Waals surface area contributed by atoms with Gasteiger partial charge in [-0.15, -0.1) is 0 Å². The third-order valence-corrected chi connectivity index (χ3v) is 7.25. The zero-order chi connectivity index (χ0) is 23.3. The number of nitrogens with zero attached hydrogens (tertiary/aromatic N) is 2. The lowest BCUT2D eigenvalue weighted by molar-refractivity contribution is -0.121. The number of sulfonamides is 1. The number of ether oxygens (including phenoxy) is 1. The monoisotopic (exact) mass is 457 g/mol. The first-order chi connectivity index (χ1) is 15.3. The molecule has 32 heavy (non-hydrogen) atoms. The largest absolute Gasteiger partial charge is 0.497 e. The molecule has 0 aliphatic rings. The molecule has 3 rings (SSSR count). The van der Waals surface area contributed by atoms with E-state index in [2.05, 4.69) is 5.32 Å². The first-order valence-electron chi connectivity index (χ1n) is 10.3. The van der Waals surface area contributed by atoms with Crippen LogP contribution in [0, 0.1) is 0 Å². The molecule has 0 aliphatic heterocycles. The van der Waals surface area contributed by atoms with Gasteiger partial charge in [0.25, 0.3) is 5.56 Å². The van der Waals surface area contributed by atoms with Gasteiger partial charge in [-0.3, -0.25) is 9.59 Å². The van der Waals surface area contributed by atoms with Crippen LogP contribution in [-0.2, 0) is 27.9 Å². The Morgan fingerprint density at radius 3 is 2.41 bits per heavy atom. The molecule has 0 aliphatic carbocycles. The van der Waals surface area contributed by atoms with E-state index >= 15 is 0 Å². The average molecular weight is 458 g/mol. The molecule has 1 N–H and O–H groups in total. The number of amides is 1. The number of carbonyl (C=O) groups excluding carboxylic acids is 1. The van der Waals surface area contributed by atoms with Gasteiger partial charge in [-0.25, -0.2) is 8.42 Å². The first-order valence-corrected chi connectivity index (χ1v) is 11.8. The molecule has 0 atom stereocenters. The van der Waals surface area contributed by atoms with Crippen LogP contribution >= 0.6 is 0 Å². The summed E-state index contributed by atoms with van der Waals surface area (Å²) in [5, 5.41) is 4.82. The van der Waals surface area contributed by atoms with Crippen molar-refractivity contribution in [1.82, 2.24) is 14.2 Å². The minimum atomic E-state index is -3.72. The maximum absolute atomic E-state index is 12.7. The van der Waals surface area contributed by atoms with Gasteiger partial charge in [-0.1, -0.05) is 32.0 Å². The van der Waals surface area contributed by atoms with Crippen molar-refractivity contribution in [3.8, 4) is 5.75 Å². The zero-order valence-electron chi connectivity index (χ0n) is 18.4. The van der Waals surface area contributed by atoms with E-state index in [9.17, 15) is 18.0 Å². The van der Waals surface area contributed by atoms with Crippen LogP contribution in [0.3, 0.4) is 0 Å². The molecule has 0 spiro atoms. The number of methoxy groups -OCH3 is 1. The fourth-order valence-corrected chi connectivity index (χ4v) is 4.90. The molecule has 170 valence electrons. The molecule has 1 heterocycles. The van der Waals surface area contributed by atoms with Gasteiger partial charge in [0.05, 0.1) is 12.0 Å². The van der Waals surface area contributed by atoms with Crippen LogP contribution in [-0.4, -0.2) is 43.4 Å². The number of fused-ring (bicyclic) bond motifs is 1. The summed E-state index contributed by atoms with van der Waals surface area (Å²) in [4.78, 5) is 24.6. The van der Waals surface area contributed by atoms with Gasteiger partial charge in [-0.2, -0.15) is 4.31 Å². The molecule has 8 nitrogen and oxygen atoms in total. The van der Waals surface area contributed by atoms with E-state index in [1.54, 1.807) is 21.0 Å². The fraction of sp³-hybridized carbons (Fsp3) is 0.304. The summed E-state index contributed by atoms with van der Waals surface area (Å²) in [5.41, 5.74) is 0.458. The van der Waals surface area contributed by atoms with E-state index in [4.69, 9.17) is 4.74 Å². The van der Waals surface area contributed by atoms with Crippen LogP contribution in [0.5, 0.6) is 5.75 Å². The van der Waals surface area contributed by atoms with Crippen LogP contribution < -0.4 is 15.6 Å². The Balaban J connectivity index is 1.71. The predicted molar refractivity (Wildman–Crippen MR) is 123 cm³/mol. The molecule has 1 aromatic heterocycles. The number of aromatic nitrogens is 1. The Bertz CT molecular complexity index is 1280. The van der Waals surface area contributed by atoms with Crippen LogP contribution in [0.15, 0.2) is 64.4 Å². The molecular weight excluding hydrogens is 430 g/mol. The summed E-state index contributed by atoms with van der Waals surface area (Å²) in [5.74, 6) is 0.383. The van der Waals surface area contributed by atoms with E-state index in [0.29, 0.717) is 13.1 Å². The molecule has 0 saturated heterocycles. The summed E-state index contributed by atoms with van der Waals surface area (Å²) in [6.07, 6.45) is 1.22. The summed E-state index contributed by atoms with van der Waals surface area (Å²) < 4.78 is 33.0. The van der Waals surface area contributed by atoms with Gasteiger partial charge in [0.1, 0.15) is 12.3 Å². The van der Waals surface area contributed by atoms with Crippen molar-refractivity contribution >= 4 is 26.7 Å². The lowest BCUT2D eigenvalue weighted by atomic mass is 10.1. The number of hydrogen-bond donors (Lipinski definition) is 1. The van der Waals surface area contributed by atoms with E-state index in [1.807, 2.05) is 36.4 Å². The molecule has 0 radical (unpaired) electrons. The average Bonchev–Trinajstić information content (AvgIpc) is 2.79. The number of nitrogens with one attached hydrogen (secondary N) is 1. The Morgan fingerprint density at radius 1 is 1.03 bits per heavy atom. The Labute approximate surface area is 187 Å². The van der Waals surface area contributed by atoms with Crippen molar-refractivity contribution < 1.29 is 17.9 Å². The molecule has 0 fully saturated rings. The summed E-state index contributed by atoms with van der Waals surface area (Å²) in [7, 11) is -2.11.